The lowest BCUT2D eigenvalue weighted by Crippen LogP contribution is -2.32. The number of nitrogens with zero attached hydrogens (tertiary/aromatic N) is 1. The van der Waals surface area contributed by atoms with Gasteiger partial charge < -0.3 is 20.3 Å². The van der Waals surface area contributed by atoms with E-state index in [1.54, 1.807) is 0 Å². The molecule has 0 saturated carbocycles. The monoisotopic (exact) mass is 303 g/mol. The summed E-state index contributed by atoms with van der Waals surface area (Å²) in [6, 6.07) is 5.67. The van der Waals surface area contributed by atoms with Gasteiger partial charge >= 0.3 is 6.09 Å². The lowest BCUT2D eigenvalue weighted by Gasteiger charge is -2.19. The predicted molar refractivity (Wildman–Crippen MR) is 86.3 cm³/mol. The van der Waals surface area contributed by atoms with Crippen molar-refractivity contribution >= 4 is 29.0 Å². The minimum absolute atomic E-state index is 0.386. The van der Waals surface area contributed by atoms with E-state index in [0.29, 0.717) is 24.4 Å². The standard InChI is InChI=1S/C16H21N3O3/c1-16(2,3)21-15(20)18-9-5-4-6-11-7-8-13-12(10-11)14(17)19-22-13/h4,6-8,10H,5,9H2,1-3H3,(H2,17,19)(H,18,20). The predicted octanol–water partition coefficient (Wildman–Crippen LogP) is 3.34. The molecule has 2 rings (SSSR count). The van der Waals surface area contributed by atoms with Gasteiger partial charge in [0.25, 0.3) is 0 Å². The van der Waals surface area contributed by atoms with E-state index in [1.165, 1.54) is 0 Å². The number of aromatic nitrogens is 1. The van der Waals surface area contributed by atoms with E-state index in [9.17, 15) is 4.79 Å². The molecular weight excluding hydrogens is 282 g/mol. The molecule has 1 aromatic heterocycles. The number of hydrogen-bond donors (Lipinski definition) is 2. The number of carbonyl (C=O) groups is 1. The third kappa shape index (κ3) is 4.51. The summed E-state index contributed by atoms with van der Waals surface area (Å²) in [7, 11) is 0. The second-order valence-corrected chi connectivity index (χ2v) is 5.94. The Morgan fingerprint density at radius 3 is 2.95 bits per heavy atom. The number of carbonyl (C=O) groups excluding carboxylic acids is 1. The zero-order chi connectivity index (χ0) is 16.2. The summed E-state index contributed by atoms with van der Waals surface area (Å²) in [6.07, 6.45) is 4.24. The van der Waals surface area contributed by atoms with E-state index >= 15 is 0 Å². The number of alkyl carbamates (subject to hydrolysis) is 1. The molecule has 3 N–H and O–H groups in total. The molecule has 6 heteroatoms. The van der Waals surface area contributed by atoms with E-state index in [0.717, 1.165) is 10.9 Å². The number of ether oxygens (including phenoxy) is 1. The topological polar surface area (TPSA) is 90.4 Å². The quantitative estimate of drug-likeness (QED) is 0.845. The van der Waals surface area contributed by atoms with E-state index in [4.69, 9.17) is 15.0 Å². The van der Waals surface area contributed by atoms with E-state index < -0.39 is 11.7 Å². The third-order valence-corrected chi connectivity index (χ3v) is 2.81. The third-order valence-electron chi connectivity index (χ3n) is 2.81. The van der Waals surface area contributed by atoms with Crippen LogP contribution in [0.1, 0.15) is 32.8 Å². The van der Waals surface area contributed by atoms with Crippen LogP contribution in [0, 0.1) is 0 Å². The molecule has 0 saturated heterocycles. The average molecular weight is 303 g/mol. The highest BCUT2D eigenvalue weighted by atomic mass is 16.6. The van der Waals surface area contributed by atoms with Crippen LogP contribution < -0.4 is 11.1 Å². The second-order valence-electron chi connectivity index (χ2n) is 5.94. The van der Waals surface area contributed by atoms with Gasteiger partial charge in [-0.05, 0) is 44.9 Å². The zero-order valence-corrected chi connectivity index (χ0v) is 13.1. The van der Waals surface area contributed by atoms with Crippen molar-refractivity contribution < 1.29 is 14.1 Å². The maximum absolute atomic E-state index is 11.5. The number of anilines is 1. The summed E-state index contributed by atoms with van der Waals surface area (Å²) in [5, 5.41) is 7.22. The van der Waals surface area contributed by atoms with E-state index in [-0.39, 0.29) is 0 Å². The lowest BCUT2D eigenvalue weighted by atomic mass is 10.1. The largest absolute Gasteiger partial charge is 0.444 e. The van der Waals surface area contributed by atoms with Crippen LogP contribution in [-0.4, -0.2) is 23.4 Å². The van der Waals surface area contributed by atoms with Gasteiger partial charge in [0, 0.05) is 6.54 Å². The summed E-state index contributed by atoms with van der Waals surface area (Å²) in [6.45, 7) is 6.01. The van der Waals surface area contributed by atoms with Crippen molar-refractivity contribution in [3.8, 4) is 0 Å². The Morgan fingerprint density at radius 2 is 2.23 bits per heavy atom. The van der Waals surface area contributed by atoms with Gasteiger partial charge in [0.15, 0.2) is 11.4 Å². The lowest BCUT2D eigenvalue weighted by molar-refractivity contribution is 0.0529. The fourth-order valence-electron chi connectivity index (χ4n) is 1.87. The molecular formula is C16H21N3O3. The van der Waals surface area contributed by atoms with Gasteiger partial charge in [-0.25, -0.2) is 4.79 Å². The number of nitrogens with one attached hydrogen (secondary N) is 1. The number of fused-ring (bicyclic) bond motifs is 1. The molecule has 0 unspecified atom stereocenters. The highest BCUT2D eigenvalue weighted by molar-refractivity contribution is 5.88. The molecule has 0 aliphatic heterocycles. The summed E-state index contributed by atoms with van der Waals surface area (Å²) in [5.74, 6) is 0.386. The number of benzene rings is 1. The van der Waals surface area contributed by atoms with Gasteiger partial charge in [-0.2, -0.15) is 0 Å². The first kappa shape index (κ1) is 15.9. The average Bonchev–Trinajstić information content (AvgIpc) is 2.78. The summed E-state index contributed by atoms with van der Waals surface area (Å²) in [5.41, 5.74) is 6.90. The molecule has 1 aromatic carbocycles. The molecule has 0 bridgehead atoms. The van der Waals surface area contributed by atoms with Crippen molar-refractivity contribution in [2.45, 2.75) is 32.8 Å². The smallest absolute Gasteiger partial charge is 0.407 e. The van der Waals surface area contributed by atoms with Crippen LogP contribution >= 0.6 is 0 Å². The minimum atomic E-state index is -0.478. The van der Waals surface area contributed by atoms with E-state index in [1.807, 2.05) is 51.1 Å². The van der Waals surface area contributed by atoms with Crippen LogP contribution in [0.15, 0.2) is 28.8 Å². The first-order valence-electron chi connectivity index (χ1n) is 7.13. The first-order chi connectivity index (χ1) is 10.3. The Labute approximate surface area is 129 Å². The van der Waals surface area contributed by atoms with Crippen molar-refractivity contribution in [1.82, 2.24) is 10.5 Å². The molecule has 2 aromatic rings. The fraction of sp³-hybridized carbons (Fsp3) is 0.375. The first-order valence-corrected chi connectivity index (χ1v) is 7.13. The number of nitrogen functional groups attached to an aromatic ring is 1. The zero-order valence-electron chi connectivity index (χ0n) is 13.1. The number of amides is 1. The SMILES string of the molecule is CC(C)(C)OC(=O)NCCC=Cc1ccc2onc(N)c2c1. The Kier molecular flexibility index (Phi) is 4.70. The molecule has 0 fully saturated rings. The molecule has 1 amide bonds. The summed E-state index contributed by atoms with van der Waals surface area (Å²) < 4.78 is 10.2. The number of hydrogen-bond acceptors (Lipinski definition) is 5. The van der Waals surface area contributed by atoms with Gasteiger partial charge in [-0.3, -0.25) is 0 Å². The van der Waals surface area contributed by atoms with Crippen LogP contribution in [0.4, 0.5) is 10.6 Å². The Bertz CT molecular complexity index is 683. The minimum Gasteiger partial charge on any atom is -0.444 e. The Hall–Kier alpha value is -2.50. The molecule has 22 heavy (non-hydrogen) atoms. The van der Waals surface area contributed by atoms with Crippen molar-refractivity contribution in [1.29, 1.82) is 0 Å². The number of rotatable bonds is 4. The van der Waals surface area contributed by atoms with Gasteiger partial charge in [0.1, 0.15) is 5.60 Å². The van der Waals surface area contributed by atoms with Crippen LogP contribution in [0.5, 0.6) is 0 Å². The fourth-order valence-corrected chi connectivity index (χ4v) is 1.87. The second kappa shape index (κ2) is 6.51. The van der Waals surface area contributed by atoms with Gasteiger partial charge in [-0.1, -0.05) is 23.4 Å². The highest BCUT2D eigenvalue weighted by Crippen LogP contribution is 2.22. The van der Waals surface area contributed by atoms with E-state index in [2.05, 4.69) is 10.5 Å². The molecule has 0 radical (unpaired) electrons. The number of nitrogens with two attached hydrogens (primary N) is 1. The summed E-state index contributed by atoms with van der Waals surface area (Å²) >= 11 is 0. The van der Waals surface area contributed by atoms with Crippen LogP contribution in [0.25, 0.3) is 17.0 Å². The normalized spacial score (nSPS) is 12.0. The molecule has 0 spiro atoms. The molecule has 1 heterocycles. The van der Waals surface area contributed by atoms with Crippen LogP contribution in [-0.2, 0) is 4.74 Å². The van der Waals surface area contributed by atoms with Gasteiger partial charge in [-0.15, -0.1) is 0 Å². The van der Waals surface area contributed by atoms with Crippen molar-refractivity contribution in [3.63, 3.8) is 0 Å². The van der Waals surface area contributed by atoms with Crippen LogP contribution in [0.2, 0.25) is 0 Å². The molecule has 6 nitrogen and oxygen atoms in total. The maximum Gasteiger partial charge on any atom is 0.407 e. The van der Waals surface area contributed by atoms with Crippen molar-refractivity contribution in [2.24, 2.45) is 0 Å². The maximum atomic E-state index is 11.5. The molecule has 0 atom stereocenters. The summed E-state index contributed by atoms with van der Waals surface area (Å²) in [4.78, 5) is 11.5. The van der Waals surface area contributed by atoms with Gasteiger partial charge in [0.2, 0.25) is 0 Å². The Balaban J connectivity index is 1.82. The molecule has 118 valence electrons. The Morgan fingerprint density at radius 1 is 1.45 bits per heavy atom. The van der Waals surface area contributed by atoms with Gasteiger partial charge in [0.05, 0.1) is 5.39 Å². The van der Waals surface area contributed by atoms with Crippen molar-refractivity contribution in [3.05, 3.63) is 29.8 Å². The molecule has 0 aliphatic carbocycles. The van der Waals surface area contributed by atoms with Crippen LogP contribution in [0.3, 0.4) is 0 Å². The van der Waals surface area contributed by atoms with Crippen molar-refractivity contribution in [2.75, 3.05) is 12.3 Å². The highest BCUT2D eigenvalue weighted by Gasteiger charge is 2.15. The molecule has 0 aliphatic rings.